The molecule has 3 aromatic carbocycles. The molecule has 0 bridgehead atoms. The first-order chi connectivity index (χ1) is 14.2. The number of benzene rings is 3. The Hall–Kier alpha value is -3.73. The number of nitrogens with one attached hydrogen (secondary N) is 1. The van der Waals surface area contributed by atoms with Crippen molar-refractivity contribution >= 4 is 16.8 Å². The fraction of sp³-hybridized carbons (Fsp3) is 0.0833. The largest absolute Gasteiger partial charge is 0.489 e. The normalized spacial score (nSPS) is 10.7. The van der Waals surface area contributed by atoms with Gasteiger partial charge < -0.3 is 10.1 Å². The van der Waals surface area contributed by atoms with Crippen LogP contribution in [0.1, 0.15) is 21.5 Å². The van der Waals surface area contributed by atoms with Gasteiger partial charge in [-0.3, -0.25) is 9.78 Å². The van der Waals surface area contributed by atoms with Crippen LogP contribution in [0.15, 0.2) is 85.1 Å². The number of hydrogen-bond donors (Lipinski definition) is 1. The molecule has 1 aromatic heterocycles. The van der Waals surface area contributed by atoms with Crippen molar-refractivity contribution < 1.29 is 13.9 Å². The molecule has 1 heterocycles. The van der Waals surface area contributed by atoms with E-state index in [-0.39, 0.29) is 18.3 Å². The smallest absolute Gasteiger partial charge is 0.251 e. The first kappa shape index (κ1) is 18.6. The van der Waals surface area contributed by atoms with Crippen LogP contribution < -0.4 is 10.1 Å². The summed E-state index contributed by atoms with van der Waals surface area (Å²) >= 11 is 0. The summed E-state index contributed by atoms with van der Waals surface area (Å²) in [6.07, 6.45) is 1.73. The van der Waals surface area contributed by atoms with E-state index in [1.807, 2.05) is 48.5 Å². The Morgan fingerprint density at radius 1 is 0.966 bits per heavy atom. The summed E-state index contributed by atoms with van der Waals surface area (Å²) in [7, 11) is 0. The number of carbonyl (C=O) groups is 1. The molecule has 1 N–H and O–H groups in total. The molecule has 144 valence electrons. The molecule has 0 aliphatic carbocycles. The van der Waals surface area contributed by atoms with Gasteiger partial charge in [0.05, 0.1) is 5.52 Å². The molecule has 4 aromatic rings. The lowest BCUT2D eigenvalue weighted by atomic mass is 10.1. The zero-order valence-corrected chi connectivity index (χ0v) is 15.6. The van der Waals surface area contributed by atoms with E-state index in [1.54, 1.807) is 30.5 Å². The Bertz CT molecular complexity index is 1140. The summed E-state index contributed by atoms with van der Waals surface area (Å²) in [6.45, 7) is 0.567. The Kier molecular flexibility index (Phi) is 5.47. The van der Waals surface area contributed by atoms with Gasteiger partial charge in [0.25, 0.3) is 5.91 Å². The number of rotatable bonds is 6. The van der Waals surface area contributed by atoms with Crippen molar-refractivity contribution in [3.8, 4) is 5.75 Å². The van der Waals surface area contributed by atoms with Gasteiger partial charge in [-0.1, -0.05) is 36.4 Å². The fourth-order valence-electron chi connectivity index (χ4n) is 2.98. The predicted molar refractivity (Wildman–Crippen MR) is 110 cm³/mol. The van der Waals surface area contributed by atoms with Gasteiger partial charge in [-0.2, -0.15) is 0 Å². The molecule has 4 nitrogen and oxygen atoms in total. The highest BCUT2D eigenvalue weighted by Gasteiger charge is 2.07. The first-order valence-electron chi connectivity index (χ1n) is 9.27. The van der Waals surface area contributed by atoms with Crippen LogP contribution in [-0.2, 0) is 13.2 Å². The molecule has 0 spiro atoms. The molecular formula is C24H19FN2O2. The number of amides is 1. The number of pyridine rings is 1. The van der Waals surface area contributed by atoms with Gasteiger partial charge in [0.1, 0.15) is 18.2 Å². The number of aromatic nitrogens is 1. The Morgan fingerprint density at radius 2 is 1.79 bits per heavy atom. The molecule has 0 radical (unpaired) electrons. The van der Waals surface area contributed by atoms with Crippen molar-refractivity contribution in [2.45, 2.75) is 13.2 Å². The van der Waals surface area contributed by atoms with E-state index in [9.17, 15) is 9.18 Å². The lowest BCUT2D eigenvalue weighted by molar-refractivity contribution is 0.0951. The molecule has 0 atom stereocenters. The summed E-state index contributed by atoms with van der Waals surface area (Å²) in [5, 5.41) is 3.84. The minimum Gasteiger partial charge on any atom is -0.489 e. The lowest BCUT2D eigenvalue weighted by Gasteiger charge is -2.09. The van der Waals surface area contributed by atoms with Gasteiger partial charge in [-0.05, 0) is 48.0 Å². The maximum Gasteiger partial charge on any atom is 0.251 e. The number of nitrogens with zero attached hydrogens (tertiary/aromatic N) is 1. The van der Waals surface area contributed by atoms with Crippen LogP contribution in [0, 0.1) is 5.82 Å². The predicted octanol–water partition coefficient (Wildman–Crippen LogP) is 4.88. The third kappa shape index (κ3) is 4.58. The second-order valence-corrected chi connectivity index (χ2v) is 6.62. The second kappa shape index (κ2) is 8.52. The summed E-state index contributed by atoms with van der Waals surface area (Å²) in [4.78, 5) is 16.7. The first-order valence-corrected chi connectivity index (χ1v) is 9.27. The zero-order chi connectivity index (χ0) is 20.1. The molecule has 0 aliphatic heterocycles. The van der Waals surface area contributed by atoms with Crippen LogP contribution in [0.4, 0.5) is 4.39 Å². The Labute approximate surface area is 168 Å². The molecule has 5 heteroatoms. The zero-order valence-electron chi connectivity index (χ0n) is 15.6. The summed E-state index contributed by atoms with van der Waals surface area (Å²) < 4.78 is 19.3. The van der Waals surface area contributed by atoms with Crippen LogP contribution in [0.5, 0.6) is 5.75 Å². The molecule has 0 saturated heterocycles. The van der Waals surface area contributed by atoms with E-state index in [4.69, 9.17) is 4.74 Å². The molecule has 0 saturated carbocycles. The van der Waals surface area contributed by atoms with Crippen molar-refractivity contribution in [3.05, 3.63) is 108 Å². The van der Waals surface area contributed by atoms with Gasteiger partial charge in [-0.25, -0.2) is 4.39 Å². The highest BCUT2D eigenvalue weighted by Crippen LogP contribution is 2.16. The van der Waals surface area contributed by atoms with Crippen molar-refractivity contribution in [2.24, 2.45) is 0 Å². The summed E-state index contributed by atoms with van der Waals surface area (Å²) in [5.74, 6) is 0.220. The van der Waals surface area contributed by atoms with Crippen LogP contribution in [-0.4, -0.2) is 10.9 Å². The molecule has 29 heavy (non-hydrogen) atoms. The average molecular weight is 386 g/mol. The van der Waals surface area contributed by atoms with E-state index in [0.717, 1.165) is 16.5 Å². The van der Waals surface area contributed by atoms with Crippen LogP contribution in [0.25, 0.3) is 10.9 Å². The minimum atomic E-state index is -0.281. The van der Waals surface area contributed by atoms with Gasteiger partial charge in [-0.15, -0.1) is 0 Å². The fourth-order valence-corrected chi connectivity index (χ4v) is 2.98. The maximum absolute atomic E-state index is 13.6. The third-order valence-electron chi connectivity index (χ3n) is 4.59. The summed E-state index contributed by atoms with van der Waals surface area (Å²) in [5.41, 5.74) is 2.90. The molecule has 4 rings (SSSR count). The number of fused-ring (bicyclic) bond motifs is 1. The lowest BCUT2D eigenvalue weighted by Crippen LogP contribution is -2.22. The summed E-state index contributed by atoms with van der Waals surface area (Å²) in [6, 6.07) is 23.1. The van der Waals surface area contributed by atoms with Crippen molar-refractivity contribution in [1.29, 1.82) is 0 Å². The highest BCUT2D eigenvalue weighted by molar-refractivity contribution is 5.97. The molecule has 0 fully saturated rings. The van der Waals surface area contributed by atoms with E-state index in [2.05, 4.69) is 10.3 Å². The maximum atomic E-state index is 13.6. The van der Waals surface area contributed by atoms with E-state index in [0.29, 0.717) is 23.4 Å². The van der Waals surface area contributed by atoms with Gasteiger partial charge in [0, 0.05) is 29.3 Å². The number of ether oxygens (including phenoxy) is 1. The Morgan fingerprint density at radius 3 is 2.62 bits per heavy atom. The van der Waals surface area contributed by atoms with Gasteiger partial charge in [0.2, 0.25) is 0 Å². The Balaban J connectivity index is 1.33. The van der Waals surface area contributed by atoms with Crippen molar-refractivity contribution in [1.82, 2.24) is 10.3 Å². The van der Waals surface area contributed by atoms with Crippen molar-refractivity contribution in [2.75, 3.05) is 0 Å². The van der Waals surface area contributed by atoms with E-state index < -0.39 is 0 Å². The average Bonchev–Trinajstić information content (AvgIpc) is 2.77. The van der Waals surface area contributed by atoms with Crippen LogP contribution in [0.3, 0.4) is 0 Å². The van der Waals surface area contributed by atoms with Crippen LogP contribution in [0.2, 0.25) is 0 Å². The van der Waals surface area contributed by atoms with Crippen LogP contribution >= 0.6 is 0 Å². The minimum absolute atomic E-state index is 0.143. The molecule has 0 aliphatic rings. The molecule has 0 unspecified atom stereocenters. The van der Waals surface area contributed by atoms with Gasteiger partial charge >= 0.3 is 0 Å². The van der Waals surface area contributed by atoms with Gasteiger partial charge in [0.15, 0.2) is 0 Å². The molecule has 1 amide bonds. The number of carbonyl (C=O) groups excluding carboxylic acids is 1. The SMILES string of the molecule is O=C(NCc1ccc(OCc2ccccc2F)cc1)c1ccc2ncccc2c1. The van der Waals surface area contributed by atoms with Crippen molar-refractivity contribution in [3.63, 3.8) is 0 Å². The highest BCUT2D eigenvalue weighted by atomic mass is 19.1. The molecular weight excluding hydrogens is 367 g/mol. The third-order valence-corrected chi connectivity index (χ3v) is 4.59. The quantitative estimate of drug-likeness (QED) is 0.514. The number of halogens is 1. The van der Waals surface area contributed by atoms with E-state index >= 15 is 0 Å². The second-order valence-electron chi connectivity index (χ2n) is 6.62. The topological polar surface area (TPSA) is 51.2 Å². The monoisotopic (exact) mass is 386 g/mol. The van der Waals surface area contributed by atoms with E-state index in [1.165, 1.54) is 6.07 Å². The standard InChI is InChI=1S/C24H19FN2O2/c25-22-6-2-1-4-20(22)16-29-21-10-7-17(8-11-21)15-27-24(28)19-9-12-23-18(14-19)5-3-13-26-23/h1-14H,15-16H2,(H,27,28). The number of hydrogen-bond acceptors (Lipinski definition) is 3.